The number of carbonyl (C=O) groups is 1. The van der Waals surface area contributed by atoms with Crippen LogP contribution in [0.3, 0.4) is 0 Å². The molecule has 0 saturated heterocycles. The first-order valence-electron chi connectivity index (χ1n) is 11.8. The zero-order valence-electron chi connectivity index (χ0n) is 20.8. The minimum atomic E-state index is -4.04. The number of nitrogens with zero attached hydrogens (tertiary/aromatic N) is 1. The Bertz CT molecular complexity index is 1230. The molecular weight excluding hydrogens is 496 g/mol. The monoisotopic (exact) mass is 528 g/mol. The quantitative estimate of drug-likeness (QED) is 0.254. The second-order valence-corrected chi connectivity index (χ2v) is 10.5. The first-order valence-corrected chi connectivity index (χ1v) is 14.4. The van der Waals surface area contributed by atoms with E-state index in [0.29, 0.717) is 23.8 Å². The zero-order valence-corrected chi connectivity index (χ0v) is 22.4. The van der Waals surface area contributed by atoms with E-state index >= 15 is 0 Å². The summed E-state index contributed by atoms with van der Waals surface area (Å²) in [6.07, 6.45) is 2.87. The number of amides is 1. The second kappa shape index (κ2) is 13.2. The second-order valence-electron chi connectivity index (χ2n) is 7.78. The molecule has 0 aliphatic rings. The molecule has 9 heteroatoms. The van der Waals surface area contributed by atoms with Crippen molar-refractivity contribution in [3.63, 3.8) is 0 Å². The Kier molecular flexibility index (Phi) is 10.1. The fourth-order valence-electron chi connectivity index (χ4n) is 3.48. The summed E-state index contributed by atoms with van der Waals surface area (Å²) in [5.41, 5.74) is 1.52. The lowest BCUT2D eigenvalue weighted by atomic mass is 10.2. The van der Waals surface area contributed by atoms with Crippen molar-refractivity contribution in [3.05, 3.63) is 78.4 Å². The van der Waals surface area contributed by atoms with Gasteiger partial charge in [0.05, 0.1) is 23.7 Å². The van der Waals surface area contributed by atoms with Crippen molar-refractivity contribution < 1.29 is 22.7 Å². The van der Waals surface area contributed by atoms with Crippen LogP contribution in [-0.4, -0.2) is 46.9 Å². The number of carbonyl (C=O) groups excluding carboxylic acids is 1. The number of hydrogen-bond acceptors (Lipinski definition) is 6. The number of rotatable bonds is 13. The van der Waals surface area contributed by atoms with Gasteiger partial charge in [-0.1, -0.05) is 31.2 Å². The van der Waals surface area contributed by atoms with Crippen molar-refractivity contribution in [2.45, 2.75) is 30.1 Å². The molecule has 192 valence electrons. The minimum absolute atomic E-state index is 0.0956. The zero-order chi connectivity index (χ0) is 26.0. The molecular formula is C27H32N2O5S2. The maximum absolute atomic E-state index is 13.7. The van der Waals surface area contributed by atoms with Gasteiger partial charge in [0.15, 0.2) is 0 Å². The van der Waals surface area contributed by atoms with Crippen molar-refractivity contribution in [2.75, 3.05) is 36.9 Å². The van der Waals surface area contributed by atoms with Crippen LogP contribution in [0.15, 0.2) is 82.6 Å². The summed E-state index contributed by atoms with van der Waals surface area (Å²) in [6, 6.07) is 21.2. The number of thioether (sulfide) groups is 1. The summed E-state index contributed by atoms with van der Waals surface area (Å²) in [4.78, 5) is 13.9. The minimum Gasteiger partial charge on any atom is -0.492 e. The highest BCUT2D eigenvalue weighted by Gasteiger charge is 2.29. The molecule has 0 atom stereocenters. The number of nitrogens with one attached hydrogen (secondary N) is 1. The van der Waals surface area contributed by atoms with Gasteiger partial charge >= 0.3 is 0 Å². The predicted octanol–water partition coefficient (Wildman–Crippen LogP) is 4.76. The van der Waals surface area contributed by atoms with Crippen molar-refractivity contribution in [2.24, 2.45) is 0 Å². The maximum Gasteiger partial charge on any atom is 0.264 e. The number of para-hydroxylation sites is 2. The van der Waals surface area contributed by atoms with Gasteiger partial charge in [-0.05, 0) is 73.7 Å². The third-order valence-corrected chi connectivity index (χ3v) is 7.91. The van der Waals surface area contributed by atoms with Gasteiger partial charge in [0.25, 0.3) is 10.0 Å². The molecule has 0 aliphatic carbocycles. The molecule has 0 fully saturated rings. The number of ether oxygens (including phenoxy) is 2. The van der Waals surface area contributed by atoms with Crippen LogP contribution >= 0.6 is 11.8 Å². The van der Waals surface area contributed by atoms with E-state index in [1.807, 2.05) is 37.4 Å². The van der Waals surface area contributed by atoms with Crippen molar-refractivity contribution >= 4 is 33.4 Å². The molecule has 0 aromatic heterocycles. The maximum atomic E-state index is 13.7. The normalized spacial score (nSPS) is 11.1. The number of sulfonamides is 1. The van der Waals surface area contributed by atoms with E-state index in [2.05, 4.69) is 12.2 Å². The topological polar surface area (TPSA) is 84.9 Å². The predicted molar refractivity (Wildman–Crippen MR) is 145 cm³/mol. The van der Waals surface area contributed by atoms with Gasteiger partial charge in [0.2, 0.25) is 5.91 Å². The summed E-state index contributed by atoms with van der Waals surface area (Å²) in [7, 11) is -4.04. The Labute approximate surface area is 217 Å². The van der Waals surface area contributed by atoms with Crippen LogP contribution in [0, 0.1) is 0 Å². The fourth-order valence-corrected chi connectivity index (χ4v) is 5.32. The lowest BCUT2D eigenvalue weighted by Crippen LogP contribution is -2.42. The van der Waals surface area contributed by atoms with E-state index in [9.17, 15) is 13.2 Å². The molecule has 36 heavy (non-hydrogen) atoms. The Morgan fingerprint density at radius 3 is 2.28 bits per heavy atom. The molecule has 0 unspecified atom stereocenters. The van der Waals surface area contributed by atoms with Gasteiger partial charge in [0.1, 0.15) is 24.7 Å². The number of aryl methyl sites for hydroxylation is 1. The van der Waals surface area contributed by atoms with Crippen LogP contribution < -0.4 is 19.1 Å². The molecule has 0 aliphatic heterocycles. The van der Waals surface area contributed by atoms with Crippen LogP contribution in [0.2, 0.25) is 0 Å². The molecule has 0 heterocycles. The van der Waals surface area contributed by atoms with Crippen LogP contribution in [0.25, 0.3) is 0 Å². The van der Waals surface area contributed by atoms with Crippen molar-refractivity contribution in [1.82, 2.24) is 5.32 Å². The highest BCUT2D eigenvalue weighted by Crippen LogP contribution is 2.32. The third-order valence-electron chi connectivity index (χ3n) is 5.39. The van der Waals surface area contributed by atoms with E-state index in [-0.39, 0.29) is 18.0 Å². The lowest BCUT2D eigenvalue weighted by molar-refractivity contribution is -0.119. The molecule has 0 bridgehead atoms. The first-order chi connectivity index (χ1) is 17.4. The third kappa shape index (κ3) is 7.18. The summed E-state index contributed by atoms with van der Waals surface area (Å²) in [6.45, 7) is 4.35. The molecule has 3 aromatic rings. The Hall–Kier alpha value is -3.17. The highest BCUT2D eigenvalue weighted by molar-refractivity contribution is 7.98. The Morgan fingerprint density at radius 2 is 1.64 bits per heavy atom. The van der Waals surface area contributed by atoms with E-state index in [1.165, 1.54) is 17.3 Å². The molecule has 0 spiro atoms. The molecule has 0 radical (unpaired) electrons. The summed E-state index contributed by atoms with van der Waals surface area (Å²) >= 11 is 1.52. The molecule has 1 N–H and O–H groups in total. The summed E-state index contributed by atoms with van der Waals surface area (Å²) in [5, 5.41) is 2.75. The van der Waals surface area contributed by atoms with E-state index in [0.717, 1.165) is 15.6 Å². The van der Waals surface area contributed by atoms with Crippen LogP contribution in [0.1, 0.15) is 19.4 Å². The molecule has 3 aromatic carbocycles. The summed E-state index contributed by atoms with van der Waals surface area (Å²) in [5.74, 6) is 0.650. The molecule has 0 saturated carbocycles. The van der Waals surface area contributed by atoms with Crippen molar-refractivity contribution in [3.8, 4) is 11.5 Å². The van der Waals surface area contributed by atoms with Gasteiger partial charge in [0, 0.05) is 4.90 Å². The number of hydrogen-bond donors (Lipinski definition) is 1. The Balaban J connectivity index is 1.75. The van der Waals surface area contributed by atoms with Gasteiger partial charge in [-0.2, -0.15) is 0 Å². The largest absolute Gasteiger partial charge is 0.492 e. The van der Waals surface area contributed by atoms with E-state index in [1.54, 1.807) is 48.5 Å². The van der Waals surface area contributed by atoms with Gasteiger partial charge in [-0.15, -0.1) is 11.8 Å². The van der Waals surface area contributed by atoms with Gasteiger partial charge in [-0.3, -0.25) is 9.10 Å². The van der Waals surface area contributed by atoms with Crippen molar-refractivity contribution in [1.29, 1.82) is 0 Å². The van der Waals surface area contributed by atoms with Crippen LogP contribution in [0.4, 0.5) is 5.69 Å². The number of benzene rings is 3. The highest BCUT2D eigenvalue weighted by atomic mass is 32.2. The molecule has 1 amide bonds. The average molecular weight is 529 g/mol. The van der Waals surface area contributed by atoms with E-state index < -0.39 is 22.5 Å². The molecule has 7 nitrogen and oxygen atoms in total. The fraction of sp³-hybridized carbons (Fsp3) is 0.296. The van der Waals surface area contributed by atoms with Gasteiger partial charge < -0.3 is 14.8 Å². The Morgan fingerprint density at radius 1 is 0.944 bits per heavy atom. The smallest absolute Gasteiger partial charge is 0.264 e. The SMILES string of the molecule is CCOc1ccccc1N(CC(=O)NCCOc1ccc(CC)cc1)S(=O)(=O)c1ccc(SC)cc1. The standard InChI is InChI=1S/C27H32N2O5S2/c1-4-21-10-12-22(13-11-21)34-19-18-28-27(30)20-29(25-8-6-7-9-26(25)33-5-2)36(31,32)24-16-14-23(35-3)15-17-24/h6-17H,4-5,18-20H2,1-3H3,(H,28,30). The number of anilines is 1. The lowest BCUT2D eigenvalue weighted by Gasteiger charge is -2.26. The molecule has 3 rings (SSSR count). The first kappa shape index (κ1) is 27.4. The summed E-state index contributed by atoms with van der Waals surface area (Å²) < 4.78 is 39.7. The van der Waals surface area contributed by atoms with Crippen LogP contribution in [-0.2, 0) is 21.2 Å². The van der Waals surface area contributed by atoms with E-state index in [4.69, 9.17) is 9.47 Å². The van der Waals surface area contributed by atoms with Gasteiger partial charge in [-0.25, -0.2) is 8.42 Å². The average Bonchev–Trinajstić information content (AvgIpc) is 2.90. The van der Waals surface area contributed by atoms with Crippen LogP contribution in [0.5, 0.6) is 11.5 Å².